The van der Waals surface area contributed by atoms with Gasteiger partial charge in [-0.15, -0.1) is 0 Å². The molecule has 1 heterocycles. The fraction of sp³-hybridized carbons (Fsp3) is 0.625. The summed E-state index contributed by atoms with van der Waals surface area (Å²) in [5.74, 6) is 1.40. The first-order chi connectivity index (χ1) is 9.15. The van der Waals surface area contributed by atoms with E-state index in [4.69, 9.17) is 4.74 Å². The Morgan fingerprint density at radius 1 is 1.42 bits per heavy atom. The smallest absolute Gasteiger partial charge is 0.119 e. The van der Waals surface area contributed by atoms with Gasteiger partial charge >= 0.3 is 0 Å². The molecule has 19 heavy (non-hydrogen) atoms. The zero-order chi connectivity index (χ0) is 13.7. The first kappa shape index (κ1) is 14.4. The van der Waals surface area contributed by atoms with Crippen LogP contribution in [-0.2, 0) is 0 Å². The third kappa shape index (κ3) is 4.51. The highest BCUT2D eigenvalue weighted by Crippen LogP contribution is 2.17. The Balaban J connectivity index is 1.64. The van der Waals surface area contributed by atoms with Crippen molar-refractivity contribution < 1.29 is 9.84 Å². The molecule has 3 nitrogen and oxygen atoms in total. The molecule has 1 aliphatic rings. The van der Waals surface area contributed by atoms with Crippen LogP contribution in [-0.4, -0.2) is 42.4 Å². The number of aryl methyl sites for hydroxylation is 1. The van der Waals surface area contributed by atoms with Crippen LogP contribution in [0.25, 0.3) is 0 Å². The van der Waals surface area contributed by atoms with Crippen LogP contribution in [0.5, 0.6) is 5.75 Å². The molecule has 2 atom stereocenters. The zero-order valence-corrected chi connectivity index (χ0v) is 12.0. The summed E-state index contributed by atoms with van der Waals surface area (Å²) >= 11 is 0. The van der Waals surface area contributed by atoms with Gasteiger partial charge in [-0.25, -0.2) is 0 Å². The molecule has 1 aromatic carbocycles. The van der Waals surface area contributed by atoms with Crippen LogP contribution in [0.15, 0.2) is 24.3 Å². The van der Waals surface area contributed by atoms with E-state index in [2.05, 4.69) is 30.9 Å². The molecule has 1 aliphatic heterocycles. The van der Waals surface area contributed by atoms with E-state index < -0.39 is 0 Å². The van der Waals surface area contributed by atoms with Crippen LogP contribution >= 0.6 is 0 Å². The molecule has 1 aromatic rings. The van der Waals surface area contributed by atoms with E-state index in [1.165, 1.54) is 5.56 Å². The monoisotopic (exact) mass is 263 g/mol. The molecular weight excluding hydrogens is 238 g/mol. The lowest BCUT2D eigenvalue weighted by Crippen LogP contribution is -2.43. The number of aliphatic hydroxyl groups is 1. The molecule has 0 saturated carbocycles. The number of piperidine rings is 1. The van der Waals surface area contributed by atoms with Gasteiger partial charge in [0.2, 0.25) is 0 Å². The summed E-state index contributed by atoms with van der Waals surface area (Å²) in [5, 5.41) is 9.84. The number of β-amino-alcohol motifs (C(OH)–C–C–N with tert-alkyl or cyclic N) is 1. The van der Waals surface area contributed by atoms with E-state index in [1.807, 2.05) is 12.1 Å². The van der Waals surface area contributed by atoms with E-state index in [-0.39, 0.29) is 6.10 Å². The number of nitrogens with zero attached hydrogens (tertiary/aromatic N) is 1. The maximum absolute atomic E-state index is 9.84. The highest BCUT2D eigenvalue weighted by atomic mass is 16.5. The molecule has 0 spiro atoms. The number of likely N-dealkylation sites (tertiary alicyclic amines) is 1. The van der Waals surface area contributed by atoms with Gasteiger partial charge in [-0.2, -0.15) is 0 Å². The number of ether oxygens (including phenoxy) is 1. The van der Waals surface area contributed by atoms with Crippen molar-refractivity contribution in [2.75, 3.05) is 26.2 Å². The van der Waals surface area contributed by atoms with Crippen molar-refractivity contribution in [1.29, 1.82) is 0 Å². The highest BCUT2D eigenvalue weighted by Gasteiger charge is 2.23. The van der Waals surface area contributed by atoms with Crippen molar-refractivity contribution in [2.24, 2.45) is 5.92 Å². The number of rotatable bonds is 5. The van der Waals surface area contributed by atoms with Gasteiger partial charge in [0.1, 0.15) is 5.75 Å². The van der Waals surface area contributed by atoms with Gasteiger partial charge < -0.3 is 14.7 Å². The van der Waals surface area contributed by atoms with Crippen LogP contribution in [0.4, 0.5) is 0 Å². The third-order valence-electron chi connectivity index (χ3n) is 3.88. The Kier molecular flexibility index (Phi) is 5.23. The molecule has 1 fully saturated rings. The molecule has 0 bridgehead atoms. The van der Waals surface area contributed by atoms with Gasteiger partial charge in [0.15, 0.2) is 0 Å². The first-order valence-electron chi connectivity index (χ1n) is 7.25. The van der Waals surface area contributed by atoms with E-state index in [9.17, 15) is 5.11 Å². The van der Waals surface area contributed by atoms with Crippen LogP contribution in [0.3, 0.4) is 0 Å². The topological polar surface area (TPSA) is 32.7 Å². The van der Waals surface area contributed by atoms with Gasteiger partial charge in [-0.05, 0) is 49.9 Å². The van der Waals surface area contributed by atoms with Gasteiger partial charge in [0.05, 0.1) is 12.7 Å². The number of aliphatic hydroxyl groups excluding tert-OH is 1. The molecule has 0 aliphatic carbocycles. The Morgan fingerprint density at radius 2 is 2.26 bits per heavy atom. The van der Waals surface area contributed by atoms with Crippen molar-refractivity contribution >= 4 is 0 Å². The van der Waals surface area contributed by atoms with E-state index >= 15 is 0 Å². The Morgan fingerprint density at radius 3 is 3.00 bits per heavy atom. The predicted molar refractivity (Wildman–Crippen MR) is 77.5 cm³/mol. The van der Waals surface area contributed by atoms with Crippen LogP contribution in [0.2, 0.25) is 0 Å². The molecule has 2 rings (SSSR count). The SMILES string of the molecule is Cc1cccc(OCCCN2CCC(C)C(O)C2)c1. The van der Waals surface area contributed by atoms with Gasteiger partial charge in [-0.3, -0.25) is 0 Å². The molecule has 0 aromatic heterocycles. The van der Waals surface area contributed by atoms with Gasteiger partial charge in [0, 0.05) is 13.1 Å². The highest BCUT2D eigenvalue weighted by molar-refractivity contribution is 5.27. The fourth-order valence-electron chi connectivity index (χ4n) is 2.50. The lowest BCUT2D eigenvalue weighted by atomic mass is 9.96. The molecular formula is C16H25NO2. The molecule has 3 heteroatoms. The van der Waals surface area contributed by atoms with Crippen LogP contribution in [0, 0.1) is 12.8 Å². The standard InChI is InChI=1S/C16H25NO2/c1-13-5-3-6-15(11-13)19-10-4-8-17-9-7-14(2)16(18)12-17/h3,5-6,11,14,16,18H,4,7-10,12H2,1-2H3. The minimum absolute atomic E-state index is 0.161. The molecule has 1 saturated heterocycles. The quantitative estimate of drug-likeness (QED) is 0.828. The van der Waals surface area contributed by atoms with Crippen molar-refractivity contribution in [1.82, 2.24) is 4.90 Å². The minimum atomic E-state index is -0.161. The maximum Gasteiger partial charge on any atom is 0.119 e. The third-order valence-corrected chi connectivity index (χ3v) is 3.88. The summed E-state index contributed by atoms with van der Waals surface area (Å²) in [6.07, 6.45) is 1.95. The van der Waals surface area contributed by atoms with Crippen molar-refractivity contribution in [2.45, 2.75) is 32.8 Å². The van der Waals surface area contributed by atoms with E-state index in [0.29, 0.717) is 5.92 Å². The summed E-state index contributed by atoms with van der Waals surface area (Å²) < 4.78 is 5.74. The fourth-order valence-corrected chi connectivity index (χ4v) is 2.50. The van der Waals surface area contributed by atoms with Gasteiger partial charge in [-0.1, -0.05) is 19.1 Å². The summed E-state index contributed by atoms with van der Waals surface area (Å²) in [4.78, 5) is 2.34. The Bertz CT molecular complexity index is 394. The minimum Gasteiger partial charge on any atom is -0.494 e. The largest absolute Gasteiger partial charge is 0.494 e. The van der Waals surface area contributed by atoms with Crippen LogP contribution in [0.1, 0.15) is 25.3 Å². The summed E-state index contributed by atoms with van der Waals surface area (Å²) in [5.41, 5.74) is 1.23. The number of hydrogen-bond acceptors (Lipinski definition) is 3. The summed E-state index contributed by atoms with van der Waals surface area (Å²) in [6, 6.07) is 8.15. The molecule has 0 amide bonds. The second-order valence-electron chi connectivity index (χ2n) is 5.65. The van der Waals surface area contributed by atoms with Crippen LogP contribution < -0.4 is 4.74 Å². The van der Waals surface area contributed by atoms with Crippen molar-refractivity contribution in [3.63, 3.8) is 0 Å². The molecule has 1 N–H and O–H groups in total. The molecule has 0 radical (unpaired) electrons. The second kappa shape index (κ2) is 6.92. The maximum atomic E-state index is 9.84. The Labute approximate surface area is 116 Å². The summed E-state index contributed by atoms with van der Waals surface area (Å²) in [6.45, 7) is 7.86. The van der Waals surface area contributed by atoms with Gasteiger partial charge in [0.25, 0.3) is 0 Å². The number of hydrogen-bond donors (Lipinski definition) is 1. The van der Waals surface area contributed by atoms with E-state index in [0.717, 1.165) is 44.8 Å². The predicted octanol–water partition coefficient (Wildman–Crippen LogP) is 2.47. The normalized spacial score (nSPS) is 24.4. The lowest BCUT2D eigenvalue weighted by Gasteiger charge is -2.34. The average molecular weight is 263 g/mol. The zero-order valence-electron chi connectivity index (χ0n) is 12.0. The lowest BCUT2D eigenvalue weighted by molar-refractivity contribution is 0.0275. The Hall–Kier alpha value is -1.06. The number of benzene rings is 1. The van der Waals surface area contributed by atoms with Crippen molar-refractivity contribution in [3.05, 3.63) is 29.8 Å². The van der Waals surface area contributed by atoms with E-state index in [1.54, 1.807) is 0 Å². The molecule has 106 valence electrons. The molecule has 2 unspecified atom stereocenters. The first-order valence-corrected chi connectivity index (χ1v) is 7.25. The van der Waals surface area contributed by atoms with Crippen molar-refractivity contribution in [3.8, 4) is 5.75 Å². The second-order valence-corrected chi connectivity index (χ2v) is 5.65. The summed E-state index contributed by atoms with van der Waals surface area (Å²) in [7, 11) is 0. The average Bonchev–Trinajstić information content (AvgIpc) is 2.39.